The number of benzene rings is 2. The zero-order valence-corrected chi connectivity index (χ0v) is 19.9. The molecule has 2 atom stereocenters. The maximum absolute atomic E-state index is 14.0. The van der Waals surface area contributed by atoms with Crippen molar-refractivity contribution in [3.8, 4) is 0 Å². The molecule has 2 aliphatic heterocycles. The Labute approximate surface area is 206 Å². The average molecular weight is 499 g/mol. The summed E-state index contributed by atoms with van der Waals surface area (Å²) in [6.45, 7) is 3.94. The van der Waals surface area contributed by atoms with Gasteiger partial charge in [-0.25, -0.2) is 23.5 Å². The van der Waals surface area contributed by atoms with Gasteiger partial charge in [-0.05, 0) is 60.4 Å². The third kappa shape index (κ3) is 5.06. The Bertz CT molecular complexity index is 1270. The molecule has 3 heterocycles. The molecule has 1 fully saturated rings. The van der Waals surface area contributed by atoms with Crippen LogP contribution in [0.1, 0.15) is 28.3 Å². The zero-order valence-electron chi connectivity index (χ0n) is 19.1. The van der Waals surface area contributed by atoms with Gasteiger partial charge >= 0.3 is 6.03 Å². The van der Waals surface area contributed by atoms with Crippen LogP contribution < -0.4 is 16.0 Å². The van der Waals surface area contributed by atoms with Crippen molar-refractivity contribution in [2.24, 2.45) is 0 Å². The zero-order chi connectivity index (χ0) is 24.5. The summed E-state index contributed by atoms with van der Waals surface area (Å²) in [6.07, 6.45) is 2.41. The number of halogens is 3. The fourth-order valence-electron chi connectivity index (χ4n) is 4.60. The van der Waals surface area contributed by atoms with E-state index >= 15 is 0 Å². The molecule has 0 radical (unpaired) electrons. The summed E-state index contributed by atoms with van der Waals surface area (Å²) in [5.41, 5.74) is 4.02. The van der Waals surface area contributed by atoms with E-state index in [0.717, 1.165) is 28.1 Å². The number of nitrogens with one attached hydrogen (secondary N) is 3. The Morgan fingerprint density at radius 2 is 2.06 bits per heavy atom. The van der Waals surface area contributed by atoms with Crippen LogP contribution in [0.4, 0.5) is 25.2 Å². The van der Waals surface area contributed by atoms with E-state index in [1.54, 1.807) is 36.2 Å². The first-order valence-corrected chi connectivity index (χ1v) is 11.8. The molecule has 0 saturated carbocycles. The second kappa shape index (κ2) is 9.75. The number of carbonyl (C=O) groups excluding carboxylic acids is 1. The van der Waals surface area contributed by atoms with Crippen molar-refractivity contribution < 1.29 is 13.6 Å². The smallest absolute Gasteiger partial charge is 0.318 e. The minimum absolute atomic E-state index is 0.0557. The molecule has 182 valence electrons. The fraction of sp³-hybridized carbons (Fsp3) is 0.320. The molecule has 2 aromatic carbocycles. The molecule has 2 unspecified atom stereocenters. The Hall–Kier alpha value is -3.30. The van der Waals surface area contributed by atoms with Gasteiger partial charge in [0.1, 0.15) is 11.6 Å². The second-order valence-corrected chi connectivity index (χ2v) is 9.32. The number of aryl methyl sites for hydroxylation is 1. The number of urea groups is 1. The molecular formula is C25H25ClF2N6O. The van der Waals surface area contributed by atoms with E-state index in [-0.39, 0.29) is 28.8 Å². The van der Waals surface area contributed by atoms with Crippen molar-refractivity contribution in [3.63, 3.8) is 0 Å². The number of fused-ring (bicyclic) bond motifs is 1. The van der Waals surface area contributed by atoms with Gasteiger partial charge in [-0.2, -0.15) is 0 Å². The summed E-state index contributed by atoms with van der Waals surface area (Å²) in [5.74, 6) is -0.430. The van der Waals surface area contributed by atoms with Crippen LogP contribution in [0.3, 0.4) is 0 Å². The molecule has 2 amide bonds. The highest BCUT2D eigenvalue weighted by Gasteiger charge is 2.32. The lowest BCUT2D eigenvalue weighted by atomic mass is 9.94. The molecule has 0 aliphatic carbocycles. The second-order valence-electron chi connectivity index (χ2n) is 8.92. The van der Waals surface area contributed by atoms with Crippen LogP contribution in [0.15, 0.2) is 42.6 Å². The summed E-state index contributed by atoms with van der Waals surface area (Å²) in [7, 11) is 0. The number of rotatable bonds is 4. The van der Waals surface area contributed by atoms with Crippen LogP contribution in [0, 0.1) is 18.6 Å². The molecular weight excluding hydrogens is 474 g/mol. The van der Waals surface area contributed by atoms with Crippen molar-refractivity contribution in [1.29, 1.82) is 0 Å². The van der Waals surface area contributed by atoms with E-state index in [9.17, 15) is 13.6 Å². The van der Waals surface area contributed by atoms with E-state index < -0.39 is 5.82 Å². The van der Waals surface area contributed by atoms with Crippen LogP contribution in [0.2, 0.25) is 5.02 Å². The number of hydrogen-bond donors (Lipinski definition) is 3. The van der Waals surface area contributed by atoms with Crippen molar-refractivity contribution in [2.75, 3.05) is 25.0 Å². The number of anilines is 2. The summed E-state index contributed by atoms with van der Waals surface area (Å²) >= 11 is 5.82. The lowest BCUT2D eigenvalue weighted by Crippen LogP contribution is -2.48. The molecule has 0 spiro atoms. The van der Waals surface area contributed by atoms with Gasteiger partial charge in [0, 0.05) is 37.4 Å². The van der Waals surface area contributed by atoms with Gasteiger partial charge in [0.05, 0.1) is 23.3 Å². The minimum Gasteiger partial charge on any atom is -0.333 e. The lowest BCUT2D eigenvalue weighted by Gasteiger charge is -2.30. The van der Waals surface area contributed by atoms with Crippen LogP contribution >= 0.6 is 11.6 Å². The number of carbonyl (C=O) groups is 1. The predicted molar refractivity (Wildman–Crippen MR) is 130 cm³/mol. The number of nitrogens with zero attached hydrogens (tertiary/aromatic N) is 3. The highest BCUT2D eigenvalue weighted by molar-refractivity contribution is 6.30. The third-order valence-corrected chi connectivity index (χ3v) is 6.87. The molecule has 10 heteroatoms. The Kier molecular flexibility index (Phi) is 6.53. The van der Waals surface area contributed by atoms with Gasteiger partial charge in [-0.1, -0.05) is 17.7 Å². The standard InChI is InChI=1S/C25H25ClF2N6O/c1-14-8-17(27)3-5-21(14)31-24-30-10-16-6-7-34(13-23(16)32-24)25(35)33-22-12-29-11-18(22)15-2-4-19(26)20(28)9-15/h2-5,8-10,18,22,29H,6-7,11-13H2,1H3,(H,33,35)(H,30,31,32). The van der Waals surface area contributed by atoms with E-state index in [1.807, 2.05) is 0 Å². The molecule has 0 bridgehead atoms. The van der Waals surface area contributed by atoms with Crippen LogP contribution in [-0.2, 0) is 13.0 Å². The summed E-state index contributed by atoms with van der Waals surface area (Å²) in [5, 5.41) is 9.59. The fourth-order valence-corrected chi connectivity index (χ4v) is 4.72. The quantitative estimate of drug-likeness (QED) is 0.500. The SMILES string of the molecule is Cc1cc(F)ccc1Nc1ncc2c(n1)CN(C(=O)NC1CNCC1c1ccc(Cl)c(F)c1)CC2. The van der Waals surface area contributed by atoms with E-state index in [2.05, 4.69) is 25.9 Å². The number of hydrogen-bond acceptors (Lipinski definition) is 5. The Balaban J connectivity index is 1.26. The summed E-state index contributed by atoms with van der Waals surface area (Å²) in [4.78, 5) is 23.8. The van der Waals surface area contributed by atoms with E-state index in [0.29, 0.717) is 38.5 Å². The summed E-state index contributed by atoms with van der Waals surface area (Å²) < 4.78 is 27.4. The van der Waals surface area contributed by atoms with Gasteiger partial charge < -0.3 is 20.9 Å². The van der Waals surface area contributed by atoms with Crippen molar-refractivity contribution in [3.05, 3.63) is 81.6 Å². The maximum Gasteiger partial charge on any atom is 0.318 e. The normalized spacial score (nSPS) is 19.4. The van der Waals surface area contributed by atoms with Gasteiger partial charge in [-0.15, -0.1) is 0 Å². The Morgan fingerprint density at radius 3 is 2.86 bits per heavy atom. The monoisotopic (exact) mass is 498 g/mol. The first kappa shape index (κ1) is 23.4. The van der Waals surface area contributed by atoms with Crippen LogP contribution in [0.25, 0.3) is 0 Å². The molecule has 1 saturated heterocycles. The van der Waals surface area contributed by atoms with Gasteiger partial charge in [0.2, 0.25) is 5.95 Å². The van der Waals surface area contributed by atoms with Crippen LogP contribution in [-0.4, -0.2) is 46.6 Å². The van der Waals surface area contributed by atoms with E-state index in [4.69, 9.17) is 11.6 Å². The lowest BCUT2D eigenvalue weighted by molar-refractivity contribution is 0.187. The minimum atomic E-state index is -0.464. The van der Waals surface area contributed by atoms with Crippen molar-refractivity contribution in [1.82, 2.24) is 25.5 Å². The molecule has 2 aliphatic rings. The van der Waals surface area contributed by atoms with Gasteiger partial charge in [0.15, 0.2) is 0 Å². The number of aromatic nitrogens is 2. The van der Waals surface area contributed by atoms with Crippen molar-refractivity contribution >= 4 is 29.3 Å². The average Bonchev–Trinajstić information content (AvgIpc) is 3.30. The molecule has 7 nitrogen and oxygen atoms in total. The molecule has 5 rings (SSSR count). The van der Waals surface area contributed by atoms with Crippen LogP contribution in [0.5, 0.6) is 0 Å². The summed E-state index contributed by atoms with van der Waals surface area (Å²) in [6, 6.07) is 8.88. The molecule has 1 aromatic heterocycles. The molecule has 35 heavy (non-hydrogen) atoms. The van der Waals surface area contributed by atoms with Crippen molar-refractivity contribution in [2.45, 2.75) is 31.8 Å². The third-order valence-electron chi connectivity index (χ3n) is 6.56. The first-order valence-electron chi connectivity index (χ1n) is 11.5. The van der Waals surface area contributed by atoms with E-state index in [1.165, 1.54) is 18.2 Å². The molecule has 3 aromatic rings. The predicted octanol–water partition coefficient (Wildman–Crippen LogP) is 4.28. The van der Waals surface area contributed by atoms with Gasteiger partial charge in [0.25, 0.3) is 0 Å². The highest BCUT2D eigenvalue weighted by atomic mass is 35.5. The highest BCUT2D eigenvalue weighted by Crippen LogP contribution is 2.27. The largest absolute Gasteiger partial charge is 0.333 e. The first-order chi connectivity index (χ1) is 16.9. The topological polar surface area (TPSA) is 82.2 Å². The van der Waals surface area contributed by atoms with Gasteiger partial charge in [-0.3, -0.25) is 0 Å². The maximum atomic E-state index is 14.0. The molecule has 3 N–H and O–H groups in total. The number of amides is 2. The Morgan fingerprint density at radius 1 is 1.20 bits per heavy atom.